The van der Waals surface area contributed by atoms with Crippen LogP contribution >= 0.6 is 11.6 Å². The van der Waals surface area contributed by atoms with Crippen molar-refractivity contribution in [3.63, 3.8) is 0 Å². The van der Waals surface area contributed by atoms with Crippen molar-refractivity contribution in [3.8, 4) is 11.5 Å². The fourth-order valence-electron chi connectivity index (χ4n) is 3.63. The number of urea groups is 1. The van der Waals surface area contributed by atoms with Crippen molar-refractivity contribution in [3.05, 3.63) is 17.2 Å². The smallest absolute Gasteiger partial charge is 0.325 e. The Labute approximate surface area is 168 Å². The van der Waals surface area contributed by atoms with Gasteiger partial charge in [0.25, 0.3) is 5.91 Å². The molecule has 4 amide bonds. The Morgan fingerprint density at radius 1 is 1.18 bits per heavy atom. The molecule has 0 bridgehead atoms. The van der Waals surface area contributed by atoms with Crippen molar-refractivity contribution >= 4 is 35.1 Å². The van der Waals surface area contributed by atoms with Gasteiger partial charge in [-0.1, -0.05) is 38.3 Å². The number of hydrogen-bond acceptors (Lipinski definition) is 5. The van der Waals surface area contributed by atoms with Crippen LogP contribution in [-0.4, -0.2) is 48.0 Å². The summed E-state index contributed by atoms with van der Waals surface area (Å²) in [5.74, 6) is 0.105. The summed E-state index contributed by atoms with van der Waals surface area (Å²) in [5.41, 5.74) is -0.591. The first kappa shape index (κ1) is 20.3. The highest BCUT2D eigenvalue weighted by molar-refractivity contribution is 6.34. The highest BCUT2D eigenvalue weighted by atomic mass is 35.5. The molecule has 0 unspecified atom stereocenters. The minimum Gasteiger partial charge on any atom is -0.486 e. The Morgan fingerprint density at radius 3 is 2.39 bits per heavy atom. The monoisotopic (exact) mass is 409 g/mol. The molecule has 2 N–H and O–H groups in total. The van der Waals surface area contributed by atoms with Crippen molar-refractivity contribution < 1.29 is 23.9 Å². The van der Waals surface area contributed by atoms with E-state index in [2.05, 4.69) is 10.6 Å². The van der Waals surface area contributed by atoms with E-state index >= 15 is 0 Å². The molecule has 2 aliphatic heterocycles. The van der Waals surface area contributed by atoms with Gasteiger partial charge >= 0.3 is 6.03 Å². The first-order chi connectivity index (χ1) is 13.4. The zero-order valence-corrected chi connectivity index (χ0v) is 16.7. The van der Waals surface area contributed by atoms with Crippen LogP contribution in [0.3, 0.4) is 0 Å². The zero-order valence-electron chi connectivity index (χ0n) is 16.0. The van der Waals surface area contributed by atoms with Gasteiger partial charge in [0.2, 0.25) is 5.91 Å². The molecular weight excluding hydrogens is 386 g/mol. The van der Waals surface area contributed by atoms with Crippen LogP contribution in [-0.2, 0) is 9.59 Å². The summed E-state index contributed by atoms with van der Waals surface area (Å²) in [5, 5.41) is 5.70. The number of carbonyl (C=O) groups excluding carboxylic acids is 3. The summed E-state index contributed by atoms with van der Waals surface area (Å²) < 4.78 is 10.9. The molecule has 28 heavy (non-hydrogen) atoms. The molecule has 2 aliphatic rings. The molecule has 0 spiro atoms. The van der Waals surface area contributed by atoms with Crippen LogP contribution in [0.4, 0.5) is 10.5 Å². The largest absolute Gasteiger partial charge is 0.486 e. The summed E-state index contributed by atoms with van der Waals surface area (Å²) in [6.07, 6.45) is 2.58. The Hall–Kier alpha value is -2.48. The van der Waals surface area contributed by atoms with E-state index in [0.717, 1.165) is 17.7 Å². The number of amides is 4. The van der Waals surface area contributed by atoms with Gasteiger partial charge in [0, 0.05) is 12.1 Å². The third-order valence-corrected chi connectivity index (χ3v) is 5.12. The first-order valence-corrected chi connectivity index (χ1v) is 9.81. The van der Waals surface area contributed by atoms with E-state index in [0.29, 0.717) is 43.2 Å². The number of benzene rings is 1. The molecule has 0 saturated carbocycles. The van der Waals surface area contributed by atoms with Crippen molar-refractivity contribution in [2.45, 2.75) is 45.1 Å². The minimum atomic E-state index is -0.921. The van der Waals surface area contributed by atoms with E-state index in [9.17, 15) is 14.4 Å². The molecule has 1 fully saturated rings. The average molecular weight is 410 g/mol. The van der Waals surface area contributed by atoms with Gasteiger partial charge in [0.1, 0.15) is 25.3 Å². The predicted molar refractivity (Wildman–Crippen MR) is 104 cm³/mol. The van der Waals surface area contributed by atoms with E-state index < -0.39 is 17.5 Å². The molecule has 152 valence electrons. The molecule has 3 rings (SSSR count). The van der Waals surface area contributed by atoms with Crippen LogP contribution in [0.25, 0.3) is 0 Å². The molecule has 0 atom stereocenters. The van der Waals surface area contributed by atoms with E-state index in [4.69, 9.17) is 21.1 Å². The van der Waals surface area contributed by atoms with Crippen LogP contribution in [0.5, 0.6) is 11.5 Å². The van der Waals surface area contributed by atoms with Crippen molar-refractivity contribution in [1.29, 1.82) is 0 Å². The van der Waals surface area contributed by atoms with Crippen LogP contribution in [0, 0.1) is 0 Å². The van der Waals surface area contributed by atoms with E-state index in [-0.39, 0.29) is 17.5 Å². The minimum absolute atomic E-state index is 0.279. The lowest BCUT2D eigenvalue weighted by Crippen LogP contribution is -2.47. The summed E-state index contributed by atoms with van der Waals surface area (Å²) in [4.78, 5) is 38.7. The fraction of sp³-hybridized carbons (Fsp3) is 0.526. The summed E-state index contributed by atoms with van der Waals surface area (Å²) >= 11 is 6.20. The Bertz CT molecular complexity index is 792. The van der Waals surface area contributed by atoms with Gasteiger partial charge in [0.05, 0.1) is 10.7 Å². The molecule has 8 nitrogen and oxygen atoms in total. The second-order valence-corrected chi connectivity index (χ2v) is 7.33. The van der Waals surface area contributed by atoms with Gasteiger partial charge in [-0.2, -0.15) is 0 Å². The number of nitrogens with one attached hydrogen (secondary N) is 2. The molecule has 1 aromatic carbocycles. The summed E-state index contributed by atoms with van der Waals surface area (Å²) in [7, 11) is 0. The topological polar surface area (TPSA) is 97.0 Å². The lowest BCUT2D eigenvalue weighted by Gasteiger charge is -2.25. The lowest BCUT2D eigenvalue weighted by molar-refractivity contribution is -0.134. The van der Waals surface area contributed by atoms with Gasteiger partial charge in [-0.15, -0.1) is 0 Å². The van der Waals surface area contributed by atoms with Crippen molar-refractivity contribution in [2.75, 3.05) is 25.1 Å². The Kier molecular flexibility index (Phi) is 5.98. The van der Waals surface area contributed by atoms with Crippen LogP contribution in [0.1, 0.15) is 39.5 Å². The number of halogens is 1. The molecule has 0 aromatic heterocycles. The van der Waals surface area contributed by atoms with Gasteiger partial charge in [-0.05, 0) is 12.8 Å². The highest BCUT2D eigenvalue weighted by Crippen LogP contribution is 2.38. The average Bonchev–Trinajstić information content (AvgIpc) is 2.87. The standard InChI is InChI=1S/C19H24ClN3O5/c1-3-5-19(6-4-2)17(25)23(18(26)22-19)11-16(24)21-13-10-15-14(9-12(13)20)27-7-8-28-15/h9-10H,3-8,11H2,1-2H3,(H,21,24)(H,22,26). The zero-order chi connectivity index (χ0) is 20.3. The summed E-state index contributed by atoms with van der Waals surface area (Å²) in [6.45, 7) is 4.36. The second kappa shape index (κ2) is 8.26. The molecule has 1 saturated heterocycles. The SMILES string of the molecule is CCCC1(CCC)NC(=O)N(CC(=O)Nc2cc3c(cc2Cl)OCCO3)C1=O. The van der Waals surface area contributed by atoms with E-state index in [1.807, 2.05) is 13.8 Å². The number of fused-ring (bicyclic) bond motifs is 1. The lowest BCUT2D eigenvalue weighted by atomic mass is 9.88. The Morgan fingerprint density at radius 2 is 1.79 bits per heavy atom. The number of anilines is 1. The van der Waals surface area contributed by atoms with Gasteiger partial charge < -0.3 is 20.1 Å². The van der Waals surface area contributed by atoms with Crippen molar-refractivity contribution in [1.82, 2.24) is 10.2 Å². The second-order valence-electron chi connectivity index (χ2n) is 6.93. The quantitative estimate of drug-likeness (QED) is 0.675. The fourth-order valence-corrected chi connectivity index (χ4v) is 3.83. The van der Waals surface area contributed by atoms with E-state index in [1.54, 1.807) is 12.1 Å². The van der Waals surface area contributed by atoms with Crippen LogP contribution < -0.4 is 20.1 Å². The van der Waals surface area contributed by atoms with Crippen LogP contribution in [0.2, 0.25) is 5.02 Å². The molecule has 0 aliphatic carbocycles. The van der Waals surface area contributed by atoms with E-state index in [1.165, 1.54) is 0 Å². The normalized spacial score (nSPS) is 17.5. The van der Waals surface area contributed by atoms with Crippen LogP contribution in [0.15, 0.2) is 12.1 Å². The summed E-state index contributed by atoms with van der Waals surface area (Å²) in [6, 6.07) is 2.58. The van der Waals surface area contributed by atoms with Gasteiger partial charge in [0.15, 0.2) is 11.5 Å². The number of nitrogens with zero attached hydrogens (tertiary/aromatic N) is 1. The van der Waals surface area contributed by atoms with Crippen molar-refractivity contribution in [2.24, 2.45) is 0 Å². The Balaban J connectivity index is 1.71. The molecular formula is C19H24ClN3O5. The number of ether oxygens (including phenoxy) is 2. The maximum atomic E-state index is 12.9. The maximum Gasteiger partial charge on any atom is 0.325 e. The third-order valence-electron chi connectivity index (χ3n) is 4.81. The number of carbonyl (C=O) groups is 3. The molecule has 1 aromatic rings. The molecule has 2 heterocycles. The number of rotatable bonds is 7. The van der Waals surface area contributed by atoms with Gasteiger partial charge in [-0.3, -0.25) is 14.5 Å². The number of hydrogen-bond donors (Lipinski definition) is 2. The predicted octanol–water partition coefficient (Wildman–Crippen LogP) is 2.94. The van der Waals surface area contributed by atoms with Gasteiger partial charge in [-0.25, -0.2) is 4.79 Å². The highest BCUT2D eigenvalue weighted by Gasteiger charge is 2.50. The maximum absolute atomic E-state index is 12.9. The molecule has 0 radical (unpaired) electrons. The number of imide groups is 1. The molecule has 9 heteroatoms. The third kappa shape index (κ3) is 3.87. The first-order valence-electron chi connectivity index (χ1n) is 9.43.